The molecule has 1 radical (unpaired) electrons. The monoisotopic (exact) mass is 295 g/mol. The number of rotatable bonds is 2. The molecule has 2 aromatic rings. The molecule has 0 saturated heterocycles. The van der Waals surface area contributed by atoms with Crippen molar-refractivity contribution in [2.24, 2.45) is 0 Å². The molecule has 2 nitrogen and oxygen atoms in total. The number of hydrogen-bond donors (Lipinski definition) is 0. The highest BCUT2D eigenvalue weighted by Gasteiger charge is 2.43. The predicted molar refractivity (Wildman–Crippen MR) is 54.1 cm³/mol. The van der Waals surface area contributed by atoms with Crippen LogP contribution in [0.1, 0.15) is 11.1 Å². The van der Waals surface area contributed by atoms with Crippen molar-refractivity contribution in [3.05, 3.63) is 47.9 Å². The SMILES string of the molecule is FC(F)(F)c1ccc(Oc2c[c]oc2)cc1C(F)(F)F. The molecule has 20 heavy (non-hydrogen) atoms. The maximum atomic E-state index is 12.7. The normalized spacial score (nSPS) is 12.5. The van der Waals surface area contributed by atoms with Gasteiger partial charge in [0.05, 0.1) is 11.1 Å². The van der Waals surface area contributed by atoms with Crippen molar-refractivity contribution in [1.82, 2.24) is 0 Å². The lowest BCUT2D eigenvalue weighted by Crippen LogP contribution is -2.16. The molecule has 8 heteroatoms. The van der Waals surface area contributed by atoms with Crippen LogP contribution in [0.3, 0.4) is 0 Å². The molecule has 0 N–H and O–H groups in total. The third kappa shape index (κ3) is 3.06. The highest BCUT2D eigenvalue weighted by atomic mass is 19.4. The lowest BCUT2D eigenvalue weighted by atomic mass is 10.1. The van der Waals surface area contributed by atoms with Crippen LogP contribution in [0.4, 0.5) is 26.3 Å². The molecule has 0 aliphatic rings. The summed E-state index contributed by atoms with van der Waals surface area (Å²) in [6.45, 7) is 0. The van der Waals surface area contributed by atoms with E-state index >= 15 is 0 Å². The van der Waals surface area contributed by atoms with Crippen LogP contribution >= 0.6 is 0 Å². The van der Waals surface area contributed by atoms with E-state index in [4.69, 9.17) is 4.74 Å². The summed E-state index contributed by atoms with van der Waals surface area (Å²) >= 11 is 0. The Labute approximate surface area is 108 Å². The Morgan fingerprint density at radius 2 is 1.55 bits per heavy atom. The van der Waals surface area contributed by atoms with Crippen molar-refractivity contribution >= 4 is 0 Å². The Morgan fingerprint density at radius 3 is 2.05 bits per heavy atom. The lowest BCUT2D eigenvalue weighted by molar-refractivity contribution is -0.162. The van der Waals surface area contributed by atoms with Crippen LogP contribution in [-0.4, -0.2) is 0 Å². The van der Waals surface area contributed by atoms with Gasteiger partial charge in [0.2, 0.25) is 0 Å². The van der Waals surface area contributed by atoms with Crippen LogP contribution in [0.2, 0.25) is 0 Å². The first-order valence-electron chi connectivity index (χ1n) is 5.09. The van der Waals surface area contributed by atoms with E-state index in [1.165, 1.54) is 6.07 Å². The van der Waals surface area contributed by atoms with Crippen LogP contribution in [0.5, 0.6) is 11.5 Å². The molecule has 2 rings (SSSR count). The minimum atomic E-state index is -5.15. The molecule has 0 aliphatic carbocycles. The fourth-order valence-electron chi connectivity index (χ4n) is 1.48. The van der Waals surface area contributed by atoms with Gasteiger partial charge in [0, 0.05) is 6.07 Å². The summed E-state index contributed by atoms with van der Waals surface area (Å²) in [6, 6.07) is 2.59. The zero-order valence-corrected chi connectivity index (χ0v) is 9.47. The Kier molecular flexibility index (Phi) is 3.41. The van der Waals surface area contributed by atoms with E-state index in [0.717, 1.165) is 12.3 Å². The maximum absolute atomic E-state index is 12.7. The summed E-state index contributed by atoms with van der Waals surface area (Å²) in [7, 11) is 0. The summed E-state index contributed by atoms with van der Waals surface area (Å²) in [5, 5.41) is 0. The van der Waals surface area contributed by atoms with Gasteiger partial charge in [0.25, 0.3) is 0 Å². The largest absolute Gasteiger partial charge is 0.457 e. The Morgan fingerprint density at radius 1 is 0.900 bits per heavy atom. The number of halogens is 6. The second-order valence-electron chi connectivity index (χ2n) is 3.71. The van der Waals surface area contributed by atoms with Gasteiger partial charge < -0.3 is 9.15 Å². The van der Waals surface area contributed by atoms with Gasteiger partial charge in [-0.05, 0) is 18.2 Å². The molecule has 1 aromatic heterocycles. The van der Waals surface area contributed by atoms with Crippen LogP contribution in [0.15, 0.2) is 34.9 Å². The summed E-state index contributed by atoms with van der Waals surface area (Å²) < 4.78 is 85.0. The van der Waals surface area contributed by atoms with Crippen molar-refractivity contribution in [3.63, 3.8) is 0 Å². The standard InChI is InChI=1S/C12H5F6O2/c13-11(14,15)9-2-1-7(5-10(9)12(16,17)18)20-8-3-4-19-6-8/h1-3,5-6H. The van der Waals surface area contributed by atoms with Crippen molar-refractivity contribution < 1.29 is 35.5 Å². The minimum absolute atomic E-state index is 0.0258. The summed E-state index contributed by atoms with van der Waals surface area (Å²) in [4.78, 5) is 0. The number of hydrogen-bond acceptors (Lipinski definition) is 2. The number of ether oxygens (including phenoxy) is 1. The highest BCUT2D eigenvalue weighted by Crippen LogP contribution is 2.42. The first-order valence-corrected chi connectivity index (χ1v) is 5.09. The topological polar surface area (TPSA) is 22.4 Å². The summed E-state index contributed by atoms with van der Waals surface area (Å²) in [5.74, 6) is -0.363. The second-order valence-corrected chi connectivity index (χ2v) is 3.71. The van der Waals surface area contributed by atoms with Gasteiger partial charge in [-0.3, -0.25) is 0 Å². The second kappa shape index (κ2) is 4.77. The molecule has 1 heterocycles. The van der Waals surface area contributed by atoms with E-state index in [-0.39, 0.29) is 17.6 Å². The molecule has 0 spiro atoms. The van der Waals surface area contributed by atoms with Crippen LogP contribution in [0, 0.1) is 6.26 Å². The molecule has 0 bridgehead atoms. The van der Waals surface area contributed by atoms with Gasteiger partial charge in [-0.25, -0.2) is 0 Å². The van der Waals surface area contributed by atoms with Gasteiger partial charge in [-0.2, -0.15) is 26.3 Å². The van der Waals surface area contributed by atoms with Gasteiger partial charge in [-0.1, -0.05) is 0 Å². The van der Waals surface area contributed by atoms with Crippen LogP contribution < -0.4 is 4.74 Å². The molecule has 107 valence electrons. The third-order valence-electron chi connectivity index (χ3n) is 2.28. The van der Waals surface area contributed by atoms with E-state index in [1.807, 2.05) is 0 Å². The molecular formula is C12H5F6O2. The molecule has 1 aromatic carbocycles. The molecule has 0 amide bonds. The van der Waals surface area contributed by atoms with Crippen LogP contribution in [-0.2, 0) is 12.4 Å². The average Bonchev–Trinajstić information content (AvgIpc) is 2.79. The fourth-order valence-corrected chi connectivity index (χ4v) is 1.48. The summed E-state index contributed by atoms with van der Waals surface area (Å²) in [6.07, 6.45) is -6.98. The maximum Gasteiger partial charge on any atom is 0.417 e. The molecule has 0 atom stereocenters. The number of furan rings is 1. The lowest BCUT2D eigenvalue weighted by Gasteiger charge is -2.16. The Hall–Kier alpha value is -2.12. The van der Waals surface area contributed by atoms with Crippen molar-refractivity contribution in [2.45, 2.75) is 12.4 Å². The molecule has 0 unspecified atom stereocenters. The van der Waals surface area contributed by atoms with E-state index < -0.39 is 23.5 Å². The van der Waals surface area contributed by atoms with Crippen molar-refractivity contribution in [2.75, 3.05) is 0 Å². The van der Waals surface area contributed by atoms with Crippen LogP contribution in [0.25, 0.3) is 0 Å². The Balaban J connectivity index is 2.44. The zero-order valence-electron chi connectivity index (χ0n) is 9.47. The quantitative estimate of drug-likeness (QED) is 0.734. The van der Waals surface area contributed by atoms with E-state index in [2.05, 4.69) is 10.7 Å². The van der Waals surface area contributed by atoms with Gasteiger partial charge in [0.1, 0.15) is 12.0 Å². The highest BCUT2D eigenvalue weighted by molar-refractivity contribution is 5.40. The third-order valence-corrected chi connectivity index (χ3v) is 2.28. The molecule has 0 aliphatic heterocycles. The fraction of sp³-hybridized carbons (Fsp3) is 0.167. The molecule has 0 fully saturated rings. The predicted octanol–water partition coefficient (Wildman–Crippen LogP) is 4.91. The number of benzene rings is 1. The molecular weight excluding hydrogens is 290 g/mol. The van der Waals surface area contributed by atoms with Crippen molar-refractivity contribution in [1.29, 1.82) is 0 Å². The zero-order chi connectivity index (χ0) is 15.0. The Bertz CT molecular complexity index is 583. The summed E-state index contributed by atoms with van der Waals surface area (Å²) in [5.41, 5.74) is -3.58. The minimum Gasteiger partial charge on any atom is -0.457 e. The van der Waals surface area contributed by atoms with Gasteiger partial charge in [-0.15, -0.1) is 0 Å². The first-order chi connectivity index (χ1) is 9.18. The van der Waals surface area contributed by atoms with Crippen molar-refractivity contribution in [3.8, 4) is 11.5 Å². The van der Waals surface area contributed by atoms with E-state index in [9.17, 15) is 26.3 Å². The molecule has 0 saturated carbocycles. The van der Waals surface area contributed by atoms with E-state index in [1.54, 1.807) is 0 Å². The smallest absolute Gasteiger partial charge is 0.417 e. The average molecular weight is 295 g/mol. The van der Waals surface area contributed by atoms with Gasteiger partial charge in [0.15, 0.2) is 12.0 Å². The number of alkyl halides is 6. The van der Waals surface area contributed by atoms with Gasteiger partial charge >= 0.3 is 12.4 Å². The first kappa shape index (κ1) is 14.3. The van der Waals surface area contributed by atoms with E-state index in [0.29, 0.717) is 6.07 Å².